The second-order valence-electron chi connectivity index (χ2n) is 8.21. The van der Waals surface area contributed by atoms with Crippen molar-refractivity contribution < 1.29 is 33.0 Å². The Labute approximate surface area is 196 Å². The van der Waals surface area contributed by atoms with Crippen molar-refractivity contribution in [2.45, 2.75) is 57.0 Å². The molecule has 1 aliphatic carbocycles. The van der Waals surface area contributed by atoms with Gasteiger partial charge in [0.05, 0.1) is 6.42 Å². The first-order chi connectivity index (χ1) is 16.3. The summed E-state index contributed by atoms with van der Waals surface area (Å²) in [6, 6.07) is 12.7. The van der Waals surface area contributed by atoms with Gasteiger partial charge in [0.15, 0.2) is 0 Å². The van der Waals surface area contributed by atoms with Crippen molar-refractivity contribution >= 4 is 18.0 Å². The van der Waals surface area contributed by atoms with Crippen molar-refractivity contribution in [2.24, 2.45) is 0 Å². The standard InChI is InChI=1S/C25H28F2N2O5/c1-2-3-12-20(24(32)28-21(23(26)27)13-22(30)31)29-25(33)34-14-19-17-10-6-4-8-15(17)16-9-5-7-11-18(16)19/h4-11,19-21,23H,2-3,12-14H2,1H3,(H,28,32)(H,29,33)(H,30,31)/t20-,21?/m0/s1. The van der Waals surface area contributed by atoms with Gasteiger partial charge in [-0.05, 0) is 28.7 Å². The monoisotopic (exact) mass is 474 g/mol. The van der Waals surface area contributed by atoms with E-state index < -0.39 is 42.9 Å². The lowest BCUT2D eigenvalue weighted by Crippen LogP contribution is -2.52. The smallest absolute Gasteiger partial charge is 0.407 e. The van der Waals surface area contributed by atoms with Gasteiger partial charge < -0.3 is 20.5 Å². The van der Waals surface area contributed by atoms with E-state index in [4.69, 9.17) is 9.84 Å². The van der Waals surface area contributed by atoms with Gasteiger partial charge in [-0.1, -0.05) is 68.3 Å². The predicted molar refractivity (Wildman–Crippen MR) is 122 cm³/mol. The summed E-state index contributed by atoms with van der Waals surface area (Å²) in [5.74, 6) is -2.49. The molecule has 7 nitrogen and oxygen atoms in total. The number of nitrogens with one attached hydrogen (secondary N) is 2. The molecule has 1 aliphatic rings. The molecule has 182 valence electrons. The Bertz CT molecular complexity index is 984. The summed E-state index contributed by atoms with van der Waals surface area (Å²) >= 11 is 0. The molecule has 3 N–H and O–H groups in total. The highest BCUT2D eigenvalue weighted by molar-refractivity contribution is 5.86. The van der Waals surface area contributed by atoms with E-state index in [1.807, 2.05) is 60.8 Å². The van der Waals surface area contributed by atoms with Crippen LogP contribution in [-0.2, 0) is 14.3 Å². The van der Waals surface area contributed by atoms with Crippen LogP contribution in [0.3, 0.4) is 0 Å². The lowest BCUT2D eigenvalue weighted by Gasteiger charge is -2.22. The van der Waals surface area contributed by atoms with Gasteiger partial charge in [0.2, 0.25) is 5.91 Å². The van der Waals surface area contributed by atoms with Crippen LogP contribution < -0.4 is 10.6 Å². The number of benzene rings is 2. The molecule has 0 saturated heterocycles. The topological polar surface area (TPSA) is 105 Å². The Morgan fingerprint density at radius 3 is 2.12 bits per heavy atom. The number of amides is 2. The van der Waals surface area contributed by atoms with Crippen LogP contribution in [0, 0.1) is 0 Å². The zero-order valence-corrected chi connectivity index (χ0v) is 18.8. The molecular weight excluding hydrogens is 446 g/mol. The average Bonchev–Trinajstić information content (AvgIpc) is 3.13. The molecule has 3 rings (SSSR count). The number of carbonyl (C=O) groups excluding carboxylic acids is 2. The Kier molecular flexibility index (Phi) is 8.56. The maximum atomic E-state index is 13.1. The number of aliphatic carboxylic acids is 1. The number of hydrogen-bond donors (Lipinski definition) is 3. The molecule has 2 aromatic carbocycles. The molecule has 0 heterocycles. The molecule has 2 atom stereocenters. The third-order valence-electron chi connectivity index (χ3n) is 5.82. The fourth-order valence-electron chi connectivity index (χ4n) is 4.13. The fourth-order valence-corrected chi connectivity index (χ4v) is 4.13. The van der Waals surface area contributed by atoms with Gasteiger partial charge in [0.25, 0.3) is 6.43 Å². The first-order valence-electron chi connectivity index (χ1n) is 11.2. The molecule has 0 aromatic heterocycles. The maximum Gasteiger partial charge on any atom is 0.407 e. The zero-order chi connectivity index (χ0) is 24.7. The number of fused-ring (bicyclic) bond motifs is 3. The van der Waals surface area contributed by atoms with Gasteiger partial charge in [-0.2, -0.15) is 0 Å². The molecule has 0 aliphatic heterocycles. The first-order valence-corrected chi connectivity index (χ1v) is 11.2. The first kappa shape index (κ1) is 25.1. The molecule has 0 bridgehead atoms. The van der Waals surface area contributed by atoms with Gasteiger partial charge in [-0.25, -0.2) is 13.6 Å². The van der Waals surface area contributed by atoms with E-state index in [0.717, 1.165) is 22.3 Å². The SMILES string of the molecule is CCCC[C@H](NC(=O)OCC1c2ccccc2-c2ccccc21)C(=O)NC(CC(=O)O)C(F)F. The number of ether oxygens (including phenoxy) is 1. The van der Waals surface area contributed by atoms with Crippen LogP contribution in [0.4, 0.5) is 13.6 Å². The van der Waals surface area contributed by atoms with Crippen LogP contribution in [0.15, 0.2) is 48.5 Å². The number of carboxylic acids is 1. The number of rotatable bonds is 11. The molecule has 9 heteroatoms. The summed E-state index contributed by atoms with van der Waals surface area (Å²) < 4.78 is 31.7. The molecule has 34 heavy (non-hydrogen) atoms. The molecule has 0 saturated carbocycles. The quantitative estimate of drug-likeness (QED) is 0.450. The minimum atomic E-state index is -3.05. The van der Waals surface area contributed by atoms with Crippen LogP contribution >= 0.6 is 0 Å². The molecule has 2 aromatic rings. The van der Waals surface area contributed by atoms with Crippen molar-refractivity contribution in [3.05, 3.63) is 59.7 Å². The lowest BCUT2D eigenvalue weighted by molar-refractivity contribution is -0.139. The van der Waals surface area contributed by atoms with E-state index in [9.17, 15) is 23.2 Å². The third kappa shape index (κ3) is 6.09. The van der Waals surface area contributed by atoms with E-state index in [-0.39, 0.29) is 18.9 Å². The summed E-state index contributed by atoms with van der Waals surface area (Å²) in [6.07, 6.45) is -3.35. The number of alkyl carbamates (subject to hydrolysis) is 1. The molecule has 0 fully saturated rings. The van der Waals surface area contributed by atoms with E-state index in [0.29, 0.717) is 12.8 Å². The summed E-state index contributed by atoms with van der Waals surface area (Å²) in [6.45, 7) is 1.93. The Balaban J connectivity index is 1.65. The number of alkyl halides is 2. The number of halogens is 2. The molecular formula is C25H28F2N2O5. The Morgan fingerprint density at radius 2 is 1.59 bits per heavy atom. The largest absolute Gasteiger partial charge is 0.481 e. The number of hydrogen-bond acceptors (Lipinski definition) is 4. The van der Waals surface area contributed by atoms with E-state index in [1.165, 1.54) is 0 Å². The van der Waals surface area contributed by atoms with Crippen molar-refractivity contribution in [2.75, 3.05) is 6.61 Å². The minimum Gasteiger partial charge on any atom is -0.481 e. The van der Waals surface area contributed by atoms with Crippen LogP contribution in [0.2, 0.25) is 0 Å². The summed E-state index contributed by atoms with van der Waals surface area (Å²) in [5.41, 5.74) is 4.21. The van der Waals surface area contributed by atoms with Crippen LogP contribution in [0.1, 0.15) is 49.7 Å². The maximum absolute atomic E-state index is 13.1. The lowest BCUT2D eigenvalue weighted by atomic mass is 9.98. The Morgan fingerprint density at radius 1 is 1.00 bits per heavy atom. The number of unbranched alkanes of at least 4 members (excludes halogenated alkanes) is 1. The second-order valence-corrected chi connectivity index (χ2v) is 8.21. The molecule has 0 radical (unpaired) electrons. The minimum absolute atomic E-state index is 0.0423. The Hall–Kier alpha value is -3.49. The van der Waals surface area contributed by atoms with Crippen molar-refractivity contribution in [3.63, 3.8) is 0 Å². The van der Waals surface area contributed by atoms with Crippen LogP contribution in [0.25, 0.3) is 11.1 Å². The van der Waals surface area contributed by atoms with E-state index in [2.05, 4.69) is 5.32 Å². The molecule has 1 unspecified atom stereocenters. The second kappa shape index (κ2) is 11.6. The molecule has 2 amide bonds. The summed E-state index contributed by atoms with van der Waals surface area (Å²) in [7, 11) is 0. The van der Waals surface area contributed by atoms with Gasteiger partial charge in [-0.3, -0.25) is 9.59 Å². The van der Waals surface area contributed by atoms with Gasteiger partial charge in [0, 0.05) is 5.92 Å². The van der Waals surface area contributed by atoms with Gasteiger partial charge >= 0.3 is 12.1 Å². The zero-order valence-electron chi connectivity index (χ0n) is 18.8. The highest BCUT2D eigenvalue weighted by atomic mass is 19.3. The third-order valence-corrected chi connectivity index (χ3v) is 5.82. The summed E-state index contributed by atoms with van der Waals surface area (Å²) in [4.78, 5) is 35.9. The van der Waals surface area contributed by atoms with E-state index in [1.54, 1.807) is 0 Å². The number of carboxylic acid groups (broad SMARTS) is 1. The number of carbonyl (C=O) groups is 3. The highest BCUT2D eigenvalue weighted by Gasteiger charge is 2.31. The normalized spacial score (nSPS) is 14.1. The van der Waals surface area contributed by atoms with Crippen molar-refractivity contribution in [1.29, 1.82) is 0 Å². The summed E-state index contributed by atoms with van der Waals surface area (Å²) in [5, 5.41) is 13.3. The van der Waals surface area contributed by atoms with Gasteiger partial charge in [-0.15, -0.1) is 0 Å². The van der Waals surface area contributed by atoms with Gasteiger partial charge in [0.1, 0.15) is 18.7 Å². The van der Waals surface area contributed by atoms with Crippen LogP contribution in [0.5, 0.6) is 0 Å². The molecule has 0 spiro atoms. The fraction of sp³-hybridized carbons (Fsp3) is 0.400. The van der Waals surface area contributed by atoms with Crippen LogP contribution in [-0.4, -0.2) is 48.2 Å². The van der Waals surface area contributed by atoms with Crippen molar-refractivity contribution in [1.82, 2.24) is 10.6 Å². The highest BCUT2D eigenvalue weighted by Crippen LogP contribution is 2.44. The predicted octanol–water partition coefficient (Wildman–Crippen LogP) is 4.31. The van der Waals surface area contributed by atoms with E-state index >= 15 is 0 Å². The average molecular weight is 475 g/mol. The van der Waals surface area contributed by atoms with Crippen molar-refractivity contribution in [3.8, 4) is 11.1 Å².